The number of amides is 2. The number of carbonyl (C=O) groups is 2. The van der Waals surface area contributed by atoms with Crippen LogP contribution in [0.15, 0.2) is 48.5 Å². The standard InChI is InChI=1S/C24H33N3O2/c1-5-6-7-18-8-10-19(11-9-18)22(16(2)3)26-17(4)24(29)27-21-14-12-20(13-15-21)23(25)28/h8-17,22,26H,5-7H2,1-4H3,(H2,25,28)(H,27,29)/p+1/t17-,22+/m1/s1. The number of nitrogens with two attached hydrogens (primary N) is 2. The van der Waals surface area contributed by atoms with Crippen LogP contribution in [-0.4, -0.2) is 17.9 Å². The first-order valence-corrected chi connectivity index (χ1v) is 10.5. The van der Waals surface area contributed by atoms with E-state index in [1.54, 1.807) is 24.3 Å². The largest absolute Gasteiger partial charge is 0.366 e. The molecule has 2 aromatic rings. The molecule has 0 heterocycles. The Labute approximate surface area is 174 Å². The monoisotopic (exact) mass is 396 g/mol. The van der Waals surface area contributed by atoms with Crippen molar-refractivity contribution in [3.63, 3.8) is 0 Å². The number of benzene rings is 2. The van der Waals surface area contributed by atoms with Crippen molar-refractivity contribution in [2.24, 2.45) is 11.7 Å². The normalized spacial score (nSPS) is 13.1. The molecular weight excluding hydrogens is 362 g/mol. The molecule has 29 heavy (non-hydrogen) atoms. The molecule has 5 nitrogen and oxygen atoms in total. The molecule has 0 bridgehead atoms. The molecule has 0 spiro atoms. The highest BCUT2D eigenvalue weighted by molar-refractivity contribution is 5.95. The Bertz CT molecular complexity index is 798. The zero-order valence-corrected chi connectivity index (χ0v) is 17.9. The summed E-state index contributed by atoms with van der Waals surface area (Å²) in [5.74, 6) is -0.159. The SMILES string of the molecule is CCCCc1ccc([C@@H]([NH2+][C@H](C)C(=O)Nc2ccc(C(N)=O)cc2)C(C)C)cc1. The van der Waals surface area contributed by atoms with Gasteiger partial charge in [0.2, 0.25) is 5.91 Å². The van der Waals surface area contributed by atoms with Crippen molar-refractivity contribution in [2.75, 3.05) is 5.32 Å². The highest BCUT2D eigenvalue weighted by atomic mass is 16.2. The zero-order chi connectivity index (χ0) is 21.4. The van der Waals surface area contributed by atoms with Gasteiger partial charge in [0, 0.05) is 22.7 Å². The number of carbonyl (C=O) groups excluding carboxylic acids is 2. The first kappa shape index (κ1) is 22.6. The second kappa shape index (κ2) is 10.8. The predicted molar refractivity (Wildman–Crippen MR) is 118 cm³/mol. The van der Waals surface area contributed by atoms with E-state index in [9.17, 15) is 9.59 Å². The molecule has 2 atom stereocenters. The van der Waals surface area contributed by atoms with Crippen molar-refractivity contribution in [3.8, 4) is 0 Å². The van der Waals surface area contributed by atoms with E-state index in [4.69, 9.17) is 5.73 Å². The minimum Gasteiger partial charge on any atom is -0.366 e. The zero-order valence-electron chi connectivity index (χ0n) is 17.9. The molecule has 0 unspecified atom stereocenters. The van der Waals surface area contributed by atoms with Crippen LogP contribution in [0.1, 0.15) is 68.1 Å². The number of nitrogens with one attached hydrogen (secondary N) is 1. The van der Waals surface area contributed by atoms with Crippen molar-refractivity contribution in [3.05, 3.63) is 65.2 Å². The van der Waals surface area contributed by atoms with Crippen molar-refractivity contribution >= 4 is 17.5 Å². The summed E-state index contributed by atoms with van der Waals surface area (Å²) in [6.45, 7) is 8.48. The maximum absolute atomic E-state index is 12.7. The first-order valence-electron chi connectivity index (χ1n) is 10.5. The highest BCUT2D eigenvalue weighted by Gasteiger charge is 2.26. The van der Waals surface area contributed by atoms with Crippen LogP contribution in [0.25, 0.3) is 0 Å². The Morgan fingerprint density at radius 3 is 2.14 bits per heavy atom. The third-order valence-electron chi connectivity index (χ3n) is 5.25. The lowest BCUT2D eigenvalue weighted by Crippen LogP contribution is -2.93. The van der Waals surface area contributed by atoms with Crippen molar-refractivity contribution in [1.29, 1.82) is 0 Å². The highest BCUT2D eigenvalue weighted by Crippen LogP contribution is 2.19. The Morgan fingerprint density at radius 2 is 1.62 bits per heavy atom. The van der Waals surface area contributed by atoms with Crippen LogP contribution in [0, 0.1) is 5.92 Å². The second-order valence-electron chi connectivity index (χ2n) is 8.03. The summed E-state index contributed by atoms with van der Waals surface area (Å²) in [5, 5.41) is 5.04. The number of quaternary nitrogens is 1. The maximum atomic E-state index is 12.7. The molecule has 0 aromatic heterocycles. The minimum absolute atomic E-state index is 0.0676. The average Bonchev–Trinajstić information content (AvgIpc) is 2.70. The lowest BCUT2D eigenvalue weighted by atomic mass is 9.93. The van der Waals surface area contributed by atoms with E-state index in [1.165, 1.54) is 24.0 Å². The molecule has 2 amide bonds. The van der Waals surface area contributed by atoms with Gasteiger partial charge in [-0.15, -0.1) is 0 Å². The van der Waals surface area contributed by atoms with Crippen molar-refractivity contribution in [1.82, 2.24) is 0 Å². The third kappa shape index (κ3) is 6.71. The molecule has 5 heteroatoms. The van der Waals surface area contributed by atoms with E-state index in [-0.39, 0.29) is 18.0 Å². The summed E-state index contributed by atoms with van der Waals surface area (Å²) in [5.41, 5.74) is 8.93. The molecule has 0 saturated heterocycles. The predicted octanol–water partition coefficient (Wildman–Crippen LogP) is 3.42. The first-order chi connectivity index (χ1) is 13.8. The average molecular weight is 397 g/mol. The Balaban J connectivity index is 2.01. The van der Waals surface area contributed by atoms with Crippen LogP contribution < -0.4 is 16.4 Å². The number of hydrogen-bond acceptors (Lipinski definition) is 2. The maximum Gasteiger partial charge on any atom is 0.282 e. The van der Waals surface area contributed by atoms with Gasteiger partial charge < -0.3 is 16.4 Å². The second-order valence-corrected chi connectivity index (χ2v) is 8.03. The molecule has 0 radical (unpaired) electrons. The third-order valence-corrected chi connectivity index (χ3v) is 5.25. The lowest BCUT2D eigenvalue weighted by molar-refractivity contribution is -0.718. The fourth-order valence-corrected chi connectivity index (χ4v) is 3.38. The number of anilines is 1. The van der Waals surface area contributed by atoms with E-state index < -0.39 is 5.91 Å². The van der Waals surface area contributed by atoms with Crippen LogP contribution in [0.4, 0.5) is 5.69 Å². The summed E-state index contributed by atoms with van der Waals surface area (Å²) in [6.07, 6.45) is 3.51. The van der Waals surface area contributed by atoms with E-state index in [1.807, 2.05) is 6.92 Å². The fourth-order valence-electron chi connectivity index (χ4n) is 3.38. The van der Waals surface area contributed by atoms with Gasteiger partial charge in [-0.3, -0.25) is 9.59 Å². The van der Waals surface area contributed by atoms with E-state index in [2.05, 4.69) is 55.7 Å². The molecule has 0 aliphatic carbocycles. The summed E-state index contributed by atoms with van der Waals surface area (Å²) in [4.78, 5) is 23.8. The van der Waals surface area contributed by atoms with Crippen molar-refractivity contribution in [2.45, 2.75) is 59.0 Å². The van der Waals surface area contributed by atoms with Gasteiger partial charge in [0.1, 0.15) is 6.04 Å². The van der Waals surface area contributed by atoms with E-state index in [0.717, 1.165) is 6.42 Å². The quantitative estimate of drug-likeness (QED) is 0.574. The number of hydrogen-bond donors (Lipinski definition) is 3. The molecule has 0 aliphatic heterocycles. The molecule has 2 aromatic carbocycles. The molecule has 0 saturated carbocycles. The molecule has 0 aliphatic rings. The Hall–Kier alpha value is -2.66. The molecule has 156 valence electrons. The van der Waals surface area contributed by atoms with Gasteiger partial charge in [0.25, 0.3) is 5.91 Å². The number of aryl methyl sites for hydroxylation is 1. The number of primary amides is 1. The molecule has 0 fully saturated rings. The topological polar surface area (TPSA) is 88.8 Å². The van der Waals surface area contributed by atoms with Crippen LogP contribution in [0.3, 0.4) is 0 Å². The molecular formula is C24H34N3O2+. The van der Waals surface area contributed by atoms with Gasteiger partial charge >= 0.3 is 0 Å². The Kier molecular flexibility index (Phi) is 8.40. The van der Waals surface area contributed by atoms with Crippen LogP contribution in [-0.2, 0) is 11.2 Å². The smallest absolute Gasteiger partial charge is 0.282 e. The van der Waals surface area contributed by atoms with Gasteiger partial charge in [-0.25, -0.2) is 0 Å². The summed E-state index contributed by atoms with van der Waals surface area (Å²) < 4.78 is 0. The fraction of sp³-hybridized carbons (Fsp3) is 0.417. The number of unbranched alkanes of at least 4 members (excludes halogenated alkanes) is 1. The molecule has 2 rings (SSSR count). The lowest BCUT2D eigenvalue weighted by Gasteiger charge is -2.23. The van der Waals surface area contributed by atoms with Crippen LogP contribution in [0.2, 0.25) is 0 Å². The van der Waals surface area contributed by atoms with E-state index in [0.29, 0.717) is 17.2 Å². The minimum atomic E-state index is -0.481. The van der Waals surface area contributed by atoms with Gasteiger partial charge in [0.05, 0.1) is 0 Å². The van der Waals surface area contributed by atoms with Gasteiger partial charge in [-0.05, 0) is 49.6 Å². The van der Waals surface area contributed by atoms with E-state index >= 15 is 0 Å². The number of rotatable bonds is 10. The summed E-state index contributed by atoms with van der Waals surface area (Å²) >= 11 is 0. The van der Waals surface area contributed by atoms with Crippen molar-refractivity contribution < 1.29 is 14.9 Å². The summed E-state index contributed by atoms with van der Waals surface area (Å²) in [7, 11) is 0. The van der Waals surface area contributed by atoms with Crippen LogP contribution >= 0.6 is 0 Å². The van der Waals surface area contributed by atoms with Crippen LogP contribution in [0.5, 0.6) is 0 Å². The summed E-state index contributed by atoms with van der Waals surface area (Å²) in [6, 6.07) is 15.4. The van der Waals surface area contributed by atoms with Gasteiger partial charge in [-0.1, -0.05) is 51.5 Å². The Morgan fingerprint density at radius 1 is 1.00 bits per heavy atom. The molecule has 5 N–H and O–H groups in total. The van der Waals surface area contributed by atoms with Gasteiger partial charge in [0.15, 0.2) is 6.04 Å². The van der Waals surface area contributed by atoms with Gasteiger partial charge in [-0.2, -0.15) is 0 Å².